The van der Waals surface area contributed by atoms with E-state index in [2.05, 4.69) is 37.8 Å². The van der Waals surface area contributed by atoms with E-state index in [1.54, 1.807) is 67.6 Å². The van der Waals surface area contributed by atoms with Crippen LogP contribution in [-0.2, 0) is 14.6 Å². The number of primary amides is 1. The maximum Gasteiger partial charge on any atom is 0.490 e. The zero-order chi connectivity index (χ0) is 50.0. The molecule has 69 heavy (non-hydrogen) atoms. The molecule has 0 aliphatic carbocycles. The molecule has 0 spiro atoms. The van der Waals surface area contributed by atoms with Gasteiger partial charge in [0.05, 0.1) is 45.3 Å². The number of rotatable bonds is 14. The van der Waals surface area contributed by atoms with Gasteiger partial charge in [-0.1, -0.05) is 30.0 Å². The summed E-state index contributed by atoms with van der Waals surface area (Å²) in [7, 11) is -2.65. The van der Waals surface area contributed by atoms with Crippen LogP contribution in [0.2, 0.25) is 0 Å². The molecular weight excluding hydrogens is 922 g/mol. The zero-order valence-corrected chi connectivity index (χ0v) is 37.5. The van der Waals surface area contributed by atoms with Crippen molar-refractivity contribution in [1.29, 1.82) is 0 Å². The van der Waals surface area contributed by atoms with Crippen molar-refractivity contribution < 1.29 is 56.0 Å². The lowest BCUT2D eigenvalue weighted by Gasteiger charge is -2.16. The number of aromatic amines is 1. The highest BCUT2D eigenvalue weighted by atomic mass is 32.2. The van der Waals surface area contributed by atoms with Crippen LogP contribution in [0.3, 0.4) is 0 Å². The number of H-pyrrole nitrogens is 1. The number of halogens is 3. The first-order chi connectivity index (χ1) is 32.8. The standard InChI is InChI=1S/C47H42N6O8S.C2HF3O2/c1-28-22-35(25-38-43(28)50-26-39(46(48)57)44(38)51-32-10-7-11-33(24-32)61-2)62(59,60)34-12-6-9-30(23-34)47(58)52-31-15-13-29(14-16-31)8-4-3-5-21-49-27-41(55)36-17-19-40(54)45-37(36)18-20-42(56)53-45;3-2(4,5)1(6)7/h6-7,9-20,22-26,41,49,54-55H,3,5,21,27H2,1-2H3,(H2,48,57)(H,50,51)(H,52,58)(H,53,56);(H,6,7)/t41-;/m0./s1. The number of aryl methyl sites for hydroxylation is 1. The van der Waals surface area contributed by atoms with Crippen molar-refractivity contribution in [3.63, 3.8) is 0 Å². The number of aromatic nitrogens is 2. The number of ether oxygens (including phenoxy) is 1. The largest absolute Gasteiger partial charge is 0.506 e. The number of aliphatic hydroxyl groups is 1. The normalized spacial score (nSPS) is 11.7. The molecule has 5 aromatic carbocycles. The van der Waals surface area contributed by atoms with Gasteiger partial charge in [-0.3, -0.25) is 19.4 Å². The molecule has 0 unspecified atom stereocenters. The molecule has 0 aliphatic heterocycles. The molecule has 2 heterocycles. The molecule has 1 atom stereocenters. The van der Waals surface area contributed by atoms with Crippen molar-refractivity contribution in [1.82, 2.24) is 15.3 Å². The Hall–Kier alpha value is -8.25. The first kappa shape index (κ1) is 50.2. The summed E-state index contributed by atoms with van der Waals surface area (Å²) in [6.45, 7) is 2.59. The van der Waals surface area contributed by atoms with Gasteiger partial charge >= 0.3 is 12.1 Å². The second-order valence-corrected chi connectivity index (χ2v) is 17.1. The number of hydrogen-bond acceptors (Lipinski definition) is 12. The summed E-state index contributed by atoms with van der Waals surface area (Å²) in [5.41, 5.74) is 9.53. The molecule has 20 heteroatoms. The lowest BCUT2D eigenvalue weighted by Crippen LogP contribution is -2.22. The fraction of sp³-hybridized carbons (Fsp3) is 0.163. The number of alkyl halides is 3. The van der Waals surface area contributed by atoms with Crippen LogP contribution in [0.5, 0.6) is 11.5 Å². The molecule has 2 aromatic heterocycles. The van der Waals surface area contributed by atoms with Crippen LogP contribution < -0.4 is 32.0 Å². The van der Waals surface area contributed by atoms with E-state index < -0.39 is 39.9 Å². The first-order valence-corrected chi connectivity index (χ1v) is 22.2. The fourth-order valence-corrected chi connectivity index (χ4v) is 8.33. The average Bonchev–Trinajstić information content (AvgIpc) is 3.32. The number of unbranched alkanes of at least 4 members (excludes halogenated alkanes) is 1. The number of benzene rings is 5. The Balaban J connectivity index is 0.00000104. The minimum absolute atomic E-state index is 0.0648. The quantitative estimate of drug-likeness (QED) is 0.0399. The molecule has 0 aliphatic rings. The number of hydrogen-bond donors (Lipinski definition) is 8. The van der Waals surface area contributed by atoms with E-state index in [9.17, 15) is 46.2 Å². The number of aliphatic hydroxyl groups excluding tert-OH is 1. The minimum atomic E-state index is -5.08. The fourth-order valence-electron chi connectivity index (χ4n) is 6.91. The zero-order valence-electron chi connectivity index (χ0n) is 36.6. The molecule has 7 rings (SSSR count). The van der Waals surface area contributed by atoms with Crippen molar-refractivity contribution >= 4 is 66.5 Å². The molecule has 0 saturated carbocycles. The van der Waals surface area contributed by atoms with Crippen LogP contribution in [0, 0.1) is 18.8 Å². The van der Waals surface area contributed by atoms with Crippen LogP contribution in [0.4, 0.5) is 30.2 Å². The SMILES string of the molecule is COc1cccc(Nc2c(C(N)=O)cnc3c(C)cc(S(=O)(=O)c4cccc(C(=O)Nc5ccc(C#CCCCNC[C@H](O)c6ccc(O)c7[nH]c(=O)ccc67)cc5)c4)cc23)c1.O=C(O)C(F)(F)F. The molecule has 0 saturated heterocycles. The number of nitrogens with zero attached hydrogens (tertiary/aromatic N) is 1. The van der Waals surface area contributed by atoms with E-state index in [1.807, 2.05) is 0 Å². The van der Waals surface area contributed by atoms with E-state index in [-0.39, 0.29) is 50.0 Å². The van der Waals surface area contributed by atoms with Gasteiger partial charge in [0.2, 0.25) is 15.4 Å². The van der Waals surface area contributed by atoms with E-state index >= 15 is 0 Å². The second-order valence-electron chi connectivity index (χ2n) is 15.2. The summed E-state index contributed by atoms with van der Waals surface area (Å²) >= 11 is 0. The number of nitrogens with one attached hydrogen (secondary N) is 4. The first-order valence-electron chi connectivity index (χ1n) is 20.7. The summed E-state index contributed by atoms with van der Waals surface area (Å²) in [5.74, 6) is 2.70. The molecule has 0 bridgehead atoms. The van der Waals surface area contributed by atoms with Gasteiger partial charge in [-0.05, 0) is 110 Å². The Kier molecular flexibility index (Phi) is 15.7. The summed E-state index contributed by atoms with van der Waals surface area (Å²) in [6.07, 6.45) is -3.27. The van der Waals surface area contributed by atoms with E-state index in [1.165, 1.54) is 61.8 Å². The molecule has 0 radical (unpaired) electrons. The van der Waals surface area contributed by atoms with E-state index in [0.29, 0.717) is 57.5 Å². The number of phenols is 1. The maximum atomic E-state index is 14.1. The van der Waals surface area contributed by atoms with Gasteiger partial charge in [0.15, 0.2) is 0 Å². The third-order valence-corrected chi connectivity index (χ3v) is 12.1. The monoisotopic (exact) mass is 964 g/mol. The number of fused-ring (bicyclic) bond motifs is 2. The van der Waals surface area contributed by atoms with Crippen molar-refractivity contribution in [2.75, 3.05) is 30.8 Å². The molecule has 0 fully saturated rings. The van der Waals surface area contributed by atoms with Crippen molar-refractivity contribution in [2.45, 2.75) is 41.8 Å². The summed E-state index contributed by atoms with van der Waals surface area (Å²) < 4.78 is 65.4. The van der Waals surface area contributed by atoms with Gasteiger partial charge in [0, 0.05) is 64.6 Å². The van der Waals surface area contributed by atoms with Crippen molar-refractivity contribution in [3.05, 3.63) is 154 Å². The van der Waals surface area contributed by atoms with E-state index in [0.717, 1.165) is 12.0 Å². The van der Waals surface area contributed by atoms with Gasteiger partial charge < -0.3 is 46.7 Å². The van der Waals surface area contributed by atoms with Gasteiger partial charge in [-0.15, -0.1) is 0 Å². The number of carboxylic acid groups (broad SMARTS) is 1. The smallest absolute Gasteiger partial charge is 0.490 e. The topological polar surface area (TPSA) is 263 Å². The number of nitrogens with two attached hydrogens (primary N) is 1. The van der Waals surface area contributed by atoms with E-state index in [4.69, 9.17) is 20.4 Å². The number of aromatic hydroxyl groups is 1. The van der Waals surface area contributed by atoms with Crippen LogP contribution in [0.25, 0.3) is 21.8 Å². The number of aliphatic carboxylic acids is 1. The number of carboxylic acids is 1. The highest BCUT2D eigenvalue weighted by molar-refractivity contribution is 7.91. The Labute approximate surface area is 391 Å². The number of methoxy groups -OCH3 is 1. The van der Waals surface area contributed by atoms with Crippen LogP contribution >= 0.6 is 0 Å². The third-order valence-electron chi connectivity index (χ3n) is 10.3. The van der Waals surface area contributed by atoms with Crippen LogP contribution in [-0.4, -0.2) is 77.9 Å². The minimum Gasteiger partial charge on any atom is -0.506 e. The van der Waals surface area contributed by atoms with Gasteiger partial charge in [-0.2, -0.15) is 13.2 Å². The second kappa shape index (κ2) is 21.6. The van der Waals surface area contributed by atoms with Gasteiger partial charge in [0.1, 0.15) is 11.5 Å². The molecule has 356 valence electrons. The van der Waals surface area contributed by atoms with Gasteiger partial charge in [0.25, 0.3) is 11.8 Å². The molecule has 9 N–H and O–H groups in total. The van der Waals surface area contributed by atoms with Gasteiger partial charge in [-0.25, -0.2) is 13.2 Å². The Bertz CT molecular complexity index is 3320. The van der Waals surface area contributed by atoms with Crippen LogP contribution in [0.15, 0.2) is 130 Å². The van der Waals surface area contributed by atoms with Crippen molar-refractivity contribution in [2.24, 2.45) is 5.73 Å². The highest BCUT2D eigenvalue weighted by Gasteiger charge is 2.38. The molecule has 2 amide bonds. The highest BCUT2D eigenvalue weighted by Crippen LogP contribution is 2.35. The molecular formula is C49H43F3N6O10S. The number of anilines is 3. The Morgan fingerprint density at radius 3 is 2.33 bits per heavy atom. The number of pyridine rings is 2. The Morgan fingerprint density at radius 2 is 1.64 bits per heavy atom. The maximum absolute atomic E-state index is 14.1. The summed E-state index contributed by atoms with van der Waals surface area (Å²) in [4.78, 5) is 53.3. The Morgan fingerprint density at radius 1 is 0.913 bits per heavy atom. The predicted octanol–water partition coefficient (Wildman–Crippen LogP) is 7.11. The third kappa shape index (κ3) is 12.4. The van der Waals surface area contributed by atoms with Crippen molar-refractivity contribution in [3.8, 4) is 23.3 Å². The predicted molar refractivity (Wildman–Crippen MR) is 251 cm³/mol. The number of sulfone groups is 1. The molecule has 16 nitrogen and oxygen atoms in total. The number of amides is 2. The lowest BCUT2D eigenvalue weighted by atomic mass is 10.0. The average molecular weight is 965 g/mol. The number of carbonyl (C=O) groups is 3. The molecule has 7 aromatic rings. The van der Waals surface area contributed by atoms with Crippen LogP contribution in [0.1, 0.15) is 56.4 Å². The number of carbonyl (C=O) groups excluding carboxylic acids is 2. The lowest BCUT2D eigenvalue weighted by molar-refractivity contribution is -0.192. The summed E-state index contributed by atoms with van der Waals surface area (Å²) in [6, 6.07) is 28.6. The number of phenolic OH excluding ortho intramolecular Hbond substituents is 1. The summed E-state index contributed by atoms with van der Waals surface area (Å²) in [5, 5.41) is 38.1.